The van der Waals surface area contributed by atoms with Crippen molar-refractivity contribution in [2.75, 3.05) is 33.9 Å². The van der Waals surface area contributed by atoms with Gasteiger partial charge >= 0.3 is 0 Å². The van der Waals surface area contributed by atoms with Crippen LogP contribution in [0.25, 0.3) is 0 Å². The molecule has 0 saturated heterocycles. The summed E-state index contributed by atoms with van der Waals surface area (Å²) in [5.41, 5.74) is 2.80. The molecule has 0 unspecified atom stereocenters. The lowest BCUT2D eigenvalue weighted by Crippen LogP contribution is -2.29. The van der Waals surface area contributed by atoms with Crippen molar-refractivity contribution in [3.8, 4) is 17.2 Å². The lowest BCUT2D eigenvalue weighted by atomic mass is 10.1. The van der Waals surface area contributed by atoms with Crippen LogP contribution in [0.1, 0.15) is 11.1 Å². The molecule has 0 bridgehead atoms. The Morgan fingerprint density at radius 3 is 2.58 bits per heavy atom. The molecular formula is C20H26N2O4. The van der Waals surface area contributed by atoms with Crippen LogP contribution in [0.15, 0.2) is 47.6 Å². The number of oxime groups is 1. The fourth-order valence-electron chi connectivity index (χ4n) is 2.49. The Kier molecular flexibility index (Phi) is 7.76. The highest BCUT2D eigenvalue weighted by molar-refractivity contribution is 5.87. The van der Waals surface area contributed by atoms with Crippen LogP contribution < -0.4 is 19.5 Å². The second-order valence-corrected chi connectivity index (χ2v) is 5.89. The minimum atomic E-state index is 0.239. The molecule has 0 spiro atoms. The first-order chi connectivity index (χ1) is 12.7. The highest BCUT2D eigenvalue weighted by atomic mass is 16.5. The monoisotopic (exact) mass is 358 g/mol. The molecule has 0 heterocycles. The molecule has 0 aliphatic rings. The average molecular weight is 358 g/mol. The van der Waals surface area contributed by atoms with Gasteiger partial charge in [0.1, 0.15) is 18.1 Å². The molecule has 0 fully saturated rings. The Morgan fingerprint density at radius 2 is 1.88 bits per heavy atom. The van der Waals surface area contributed by atoms with E-state index >= 15 is 0 Å². The summed E-state index contributed by atoms with van der Waals surface area (Å²) in [7, 11) is 3.24. The summed E-state index contributed by atoms with van der Waals surface area (Å²) in [6.45, 7) is 3.43. The van der Waals surface area contributed by atoms with Gasteiger partial charge in [0.15, 0.2) is 11.5 Å². The predicted molar refractivity (Wildman–Crippen MR) is 102 cm³/mol. The van der Waals surface area contributed by atoms with Crippen LogP contribution in [0.2, 0.25) is 0 Å². The Hall–Kier alpha value is -2.73. The van der Waals surface area contributed by atoms with Crippen molar-refractivity contribution in [1.82, 2.24) is 5.32 Å². The lowest BCUT2D eigenvalue weighted by Gasteiger charge is -2.11. The molecule has 0 amide bonds. The van der Waals surface area contributed by atoms with Gasteiger partial charge in [-0.15, -0.1) is 0 Å². The zero-order valence-electron chi connectivity index (χ0n) is 15.5. The van der Waals surface area contributed by atoms with Crippen LogP contribution >= 0.6 is 0 Å². The fraction of sp³-hybridized carbons (Fsp3) is 0.350. The molecule has 2 N–H and O–H groups in total. The van der Waals surface area contributed by atoms with Crippen LogP contribution in [0.3, 0.4) is 0 Å². The van der Waals surface area contributed by atoms with Crippen LogP contribution in [0, 0.1) is 6.92 Å². The zero-order chi connectivity index (χ0) is 18.8. The second kappa shape index (κ2) is 10.3. The first kappa shape index (κ1) is 19.6. The van der Waals surface area contributed by atoms with E-state index in [1.54, 1.807) is 14.2 Å². The van der Waals surface area contributed by atoms with E-state index in [0.717, 1.165) is 29.8 Å². The summed E-state index contributed by atoms with van der Waals surface area (Å²) in [5.74, 6) is 2.19. The maximum atomic E-state index is 9.14. The quantitative estimate of drug-likeness (QED) is 0.296. The molecular weight excluding hydrogens is 332 g/mol. The third-order valence-corrected chi connectivity index (χ3v) is 3.90. The number of benzene rings is 2. The molecule has 6 nitrogen and oxygen atoms in total. The van der Waals surface area contributed by atoms with Gasteiger partial charge in [-0.3, -0.25) is 0 Å². The van der Waals surface area contributed by atoms with E-state index in [9.17, 15) is 0 Å². The third-order valence-electron chi connectivity index (χ3n) is 3.90. The Labute approximate surface area is 154 Å². The minimum absolute atomic E-state index is 0.239. The van der Waals surface area contributed by atoms with E-state index in [0.29, 0.717) is 23.8 Å². The summed E-state index contributed by atoms with van der Waals surface area (Å²) in [4.78, 5) is 0. The molecule has 0 aliphatic heterocycles. The van der Waals surface area contributed by atoms with Gasteiger partial charge in [0.05, 0.1) is 14.2 Å². The molecule has 0 atom stereocenters. The van der Waals surface area contributed by atoms with Crippen molar-refractivity contribution in [3.63, 3.8) is 0 Å². The van der Waals surface area contributed by atoms with Gasteiger partial charge in [-0.1, -0.05) is 23.4 Å². The van der Waals surface area contributed by atoms with E-state index in [-0.39, 0.29) is 6.61 Å². The minimum Gasteiger partial charge on any atom is -0.493 e. The van der Waals surface area contributed by atoms with Gasteiger partial charge in [0, 0.05) is 6.54 Å². The predicted octanol–water partition coefficient (Wildman–Crippen LogP) is 3.05. The van der Waals surface area contributed by atoms with Gasteiger partial charge in [0.25, 0.3) is 0 Å². The number of rotatable bonds is 10. The molecule has 140 valence electrons. The Morgan fingerprint density at radius 1 is 1.08 bits per heavy atom. The average Bonchev–Trinajstić information content (AvgIpc) is 2.67. The van der Waals surface area contributed by atoms with Crippen molar-refractivity contribution >= 4 is 5.71 Å². The van der Waals surface area contributed by atoms with E-state index < -0.39 is 0 Å². The number of ether oxygens (including phenoxy) is 3. The number of hydrogen-bond acceptors (Lipinski definition) is 6. The molecule has 2 rings (SSSR count). The van der Waals surface area contributed by atoms with E-state index in [1.807, 2.05) is 49.4 Å². The highest BCUT2D eigenvalue weighted by Crippen LogP contribution is 2.27. The normalized spacial score (nSPS) is 11.3. The van der Waals surface area contributed by atoms with Crippen LogP contribution in [-0.2, 0) is 6.42 Å². The molecule has 0 radical (unpaired) electrons. The molecule has 0 aliphatic carbocycles. The summed E-state index contributed by atoms with van der Waals surface area (Å²) in [5, 5.41) is 15.7. The molecule has 26 heavy (non-hydrogen) atoms. The third kappa shape index (κ3) is 5.97. The standard InChI is InChI=1S/C20H26N2O4/c1-15-5-4-6-18(11-15)26-14-17(22-23)13-21-10-9-16-7-8-19(24-2)20(12-16)25-3/h4-8,11-12,21,23H,9-10,13-14H2,1-3H3/b22-17-. The van der Waals surface area contributed by atoms with E-state index in [1.165, 1.54) is 0 Å². The highest BCUT2D eigenvalue weighted by Gasteiger charge is 2.06. The Balaban J connectivity index is 1.75. The molecule has 2 aromatic carbocycles. The number of nitrogens with one attached hydrogen (secondary N) is 1. The summed E-state index contributed by atoms with van der Waals surface area (Å²) in [6, 6.07) is 13.6. The van der Waals surface area contributed by atoms with Crippen LogP contribution in [0.5, 0.6) is 17.2 Å². The number of methoxy groups -OCH3 is 2. The largest absolute Gasteiger partial charge is 0.493 e. The van der Waals surface area contributed by atoms with Crippen molar-refractivity contribution < 1.29 is 19.4 Å². The van der Waals surface area contributed by atoms with Crippen molar-refractivity contribution in [2.24, 2.45) is 5.16 Å². The van der Waals surface area contributed by atoms with Crippen molar-refractivity contribution in [1.29, 1.82) is 0 Å². The summed E-state index contributed by atoms with van der Waals surface area (Å²) in [6.07, 6.45) is 0.817. The van der Waals surface area contributed by atoms with Crippen LogP contribution in [-0.4, -0.2) is 44.8 Å². The molecule has 0 aromatic heterocycles. The fourth-order valence-corrected chi connectivity index (χ4v) is 2.49. The molecule has 0 saturated carbocycles. The van der Waals surface area contributed by atoms with Crippen molar-refractivity contribution in [3.05, 3.63) is 53.6 Å². The Bertz CT molecular complexity index is 732. The number of aryl methyl sites for hydroxylation is 1. The number of nitrogens with zero attached hydrogens (tertiary/aromatic N) is 1. The van der Waals surface area contributed by atoms with E-state index in [2.05, 4.69) is 10.5 Å². The lowest BCUT2D eigenvalue weighted by molar-refractivity contribution is 0.305. The second-order valence-electron chi connectivity index (χ2n) is 5.89. The summed E-state index contributed by atoms with van der Waals surface area (Å²) >= 11 is 0. The maximum Gasteiger partial charge on any atom is 0.160 e. The molecule has 2 aromatic rings. The number of hydrogen-bond donors (Lipinski definition) is 2. The summed E-state index contributed by atoms with van der Waals surface area (Å²) < 4.78 is 16.2. The van der Waals surface area contributed by atoms with Gasteiger partial charge in [-0.05, 0) is 55.3 Å². The first-order valence-corrected chi connectivity index (χ1v) is 8.47. The van der Waals surface area contributed by atoms with Crippen molar-refractivity contribution in [2.45, 2.75) is 13.3 Å². The first-order valence-electron chi connectivity index (χ1n) is 8.47. The van der Waals surface area contributed by atoms with Gasteiger partial charge in [-0.25, -0.2) is 0 Å². The topological polar surface area (TPSA) is 72.3 Å². The smallest absolute Gasteiger partial charge is 0.160 e. The van der Waals surface area contributed by atoms with Gasteiger partial charge in [0.2, 0.25) is 0 Å². The maximum absolute atomic E-state index is 9.14. The van der Waals surface area contributed by atoms with Gasteiger partial charge in [-0.2, -0.15) is 0 Å². The van der Waals surface area contributed by atoms with E-state index in [4.69, 9.17) is 19.4 Å². The molecule has 6 heteroatoms. The van der Waals surface area contributed by atoms with Crippen LogP contribution in [0.4, 0.5) is 0 Å². The van der Waals surface area contributed by atoms with Gasteiger partial charge < -0.3 is 24.7 Å². The SMILES string of the molecule is COc1ccc(CCNC/C(COc2cccc(C)c2)=N/O)cc1OC. The zero-order valence-corrected chi connectivity index (χ0v) is 15.5.